The van der Waals surface area contributed by atoms with Crippen molar-refractivity contribution in [3.63, 3.8) is 0 Å². The van der Waals surface area contributed by atoms with E-state index in [1.807, 2.05) is 0 Å². The molecule has 0 bridgehead atoms. The molecule has 0 amide bonds. The lowest BCUT2D eigenvalue weighted by Gasteiger charge is -2.10. The average molecular weight is 221 g/mol. The van der Waals surface area contributed by atoms with Crippen LogP contribution in [0.1, 0.15) is 24.8 Å². The lowest BCUT2D eigenvalue weighted by Crippen LogP contribution is -2.36. The summed E-state index contributed by atoms with van der Waals surface area (Å²) in [6.45, 7) is 2.11. The molecular weight excluding hydrogens is 206 g/mol. The van der Waals surface area contributed by atoms with Crippen LogP contribution < -0.4 is 5.73 Å². The molecule has 4 nitrogen and oxygen atoms in total. The fourth-order valence-corrected chi connectivity index (χ4v) is 1.89. The lowest BCUT2D eigenvalue weighted by molar-refractivity contribution is -0.145. The van der Waals surface area contributed by atoms with Gasteiger partial charge >= 0.3 is 5.97 Å². The maximum absolute atomic E-state index is 11.6. The molecule has 4 heteroatoms. The van der Waals surface area contributed by atoms with E-state index in [-0.39, 0.29) is 17.6 Å². The number of hydrogen-bond donors (Lipinski definition) is 2. The number of esters is 1. The topological polar surface area (TPSA) is 72.5 Å². The van der Waals surface area contributed by atoms with Crippen LogP contribution in [-0.4, -0.2) is 23.2 Å². The SMILES string of the molecule is CCOC(=O)[C@@]1(N)C[C@H]1c1ccc(O)cc1. The fraction of sp³-hybridized carbons (Fsp3) is 0.417. The number of rotatable bonds is 3. The van der Waals surface area contributed by atoms with Crippen molar-refractivity contribution < 1.29 is 14.6 Å². The van der Waals surface area contributed by atoms with E-state index in [9.17, 15) is 4.79 Å². The van der Waals surface area contributed by atoms with Gasteiger partial charge in [0.1, 0.15) is 11.3 Å². The van der Waals surface area contributed by atoms with Crippen molar-refractivity contribution in [3.8, 4) is 5.75 Å². The first kappa shape index (κ1) is 11.0. The van der Waals surface area contributed by atoms with Crippen molar-refractivity contribution in [2.24, 2.45) is 5.73 Å². The molecule has 1 aromatic rings. The minimum Gasteiger partial charge on any atom is -0.508 e. The predicted molar refractivity (Wildman–Crippen MR) is 59.0 cm³/mol. The van der Waals surface area contributed by atoms with E-state index >= 15 is 0 Å². The molecule has 0 spiro atoms. The third-order valence-corrected chi connectivity index (χ3v) is 2.95. The van der Waals surface area contributed by atoms with Crippen LogP contribution in [0.2, 0.25) is 0 Å². The minimum atomic E-state index is -0.868. The van der Waals surface area contributed by atoms with Crippen molar-refractivity contribution in [2.45, 2.75) is 24.8 Å². The summed E-state index contributed by atoms with van der Waals surface area (Å²) in [5, 5.41) is 9.16. The number of aromatic hydroxyl groups is 1. The van der Waals surface area contributed by atoms with Crippen molar-refractivity contribution >= 4 is 5.97 Å². The van der Waals surface area contributed by atoms with E-state index in [1.165, 1.54) is 0 Å². The van der Waals surface area contributed by atoms with Crippen LogP contribution in [0.3, 0.4) is 0 Å². The standard InChI is InChI=1S/C12H15NO3/c1-2-16-11(15)12(13)7-10(12)8-3-5-9(14)6-4-8/h3-6,10,14H,2,7,13H2,1H3/t10-,12+/m0/s1. The highest BCUT2D eigenvalue weighted by molar-refractivity contribution is 5.86. The Hall–Kier alpha value is -1.55. The number of phenols is 1. The summed E-state index contributed by atoms with van der Waals surface area (Å²) in [7, 11) is 0. The van der Waals surface area contributed by atoms with Gasteiger partial charge in [-0.1, -0.05) is 12.1 Å². The van der Waals surface area contributed by atoms with Crippen LogP contribution in [0.5, 0.6) is 5.75 Å². The molecule has 1 aromatic carbocycles. The zero-order chi connectivity index (χ0) is 11.8. The first-order valence-electron chi connectivity index (χ1n) is 5.33. The summed E-state index contributed by atoms with van der Waals surface area (Å²) in [5.74, 6) is -0.122. The summed E-state index contributed by atoms with van der Waals surface area (Å²) >= 11 is 0. The first-order chi connectivity index (χ1) is 7.58. The molecular formula is C12H15NO3. The second-order valence-electron chi connectivity index (χ2n) is 4.11. The van der Waals surface area contributed by atoms with Gasteiger partial charge in [-0.2, -0.15) is 0 Å². The first-order valence-corrected chi connectivity index (χ1v) is 5.33. The van der Waals surface area contributed by atoms with Crippen LogP contribution in [0, 0.1) is 0 Å². The van der Waals surface area contributed by atoms with Gasteiger partial charge in [0, 0.05) is 5.92 Å². The fourth-order valence-electron chi connectivity index (χ4n) is 1.89. The smallest absolute Gasteiger partial charge is 0.326 e. The van der Waals surface area contributed by atoms with Gasteiger partial charge in [-0.25, -0.2) is 0 Å². The van der Waals surface area contributed by atoms with Gasteiger partial charge in [0.05, 0.1) is 6.61 Å². The van der Waals surface area contributed by atoms with Crippen molar-refractivity contribution in [1.29, 1.82) is 0 Å². The minimum absolute atomic E-state index is 0.00662. The predicted octanol–water partition coefficient (Wildman–Crippen LogP) is 1.14. The van der Waals surface area contributed by atoms with Crippen molar-refractivity contribution in [2.75, 3.05) is 6.61 Å². The van der Waals surface area contributed by atoms with Crippen molar-refractivity contribution in [3.05, 3.63) is 29.8 Å². The maximum atomic E-state index is 11.6. The summed E-state index contributed by atoms with van der Waals surface area (Å²) in [6, 6.07) is 6.76. The van der Waals surface area contributed by atoms with E-state index in [0.29, 0.717) is 13.0 Å². The molecule has 0 unspecified atom stereocenters. The second kappa shape index (κ2) is 3.79. The summed E-state index contributed by atoms with van der Waals surface area (Å²) < 4.78 is 4.93. The van der Waals surface area contributed by atoms with Crippen LogP contribution in [-0.2, 0) is 9.53 Å². The van der Waals surface area contributed by atoms with E-state index in [0.717, 1.165) is 5.56 Å². The molecule has 0 saturated heterocycles. The number of benzene rings is 1. The number of carbonyl (C=O) groups excluding carboxylic acids is 1. The number of carbonyl (C=O) groups is 1. The Labute approximate surface area is 94.0 Å². The van der Waals surface area contributed by atoms with Gasteiger partial charge in [-0.05, 0) is 31.0 Å². The number of hydrogen-bond acceptors (Lipinski definition) is 4. The second-order valence-corrected chi connectivity index (χ2v) is 4.11. The van der Waals surface area contributed by atoms with Crippen LogP contribution >= 0.6 is 0 Å². The van der Waals surface area contributed by atoms with Crippen LogP contribution in [0.25, 0.3) is 0 Å². The Morgan fingerprint density at radius 1 is 1.56 bits per heavy atom. The average Bonchev–Trinajstić information content (AvgIpc) is 2.94. The Bertz CT molecular complexity index is 401. The number of ether oxygens (including phenoxy) is 1. The maximum Gasteiger partial charge on any atom is 0.326 e. The van der Waals surface area contributed by atoms with E-state index in [1.54, 1.807) is 31.2 Å². The molecule has 86 valence electrons. The molecule has 1 aliphatic carbocycles. The number of phenolic OH excluding ortho intramolecular Hbond substituents is 1. The largest absolute Gasteiger partial charge is 0.508 e. The quantitative estimate of drug-likeness (QED) is 0.751. The molecule has 2 rings (SSSR count). The van der Waals surface area contributed by atoms with Crippen molar-refractivity contribution in [1.82, 2.24) is 0 Å². The van der Waals surface area contributed by atoms with Gasteiger partial charge in [-0.15, -0.1) is 0 Å². The molecule has 0 heterocycles. The van der Waals surface area contributed by atoms with Gasteiger partial charge in [0.15, 0.2) is 0 Å². The van der Waals surface area contributed by atoms with Crippen LogP contribution in [0.4, 0.5) is 0 Å². The summed E-state index contributed by atoms with van der Waals surface area (Å²) in [5.41, 5.74) is 6.05. The highest BCUT2D eigenvalue weighted by atomic mass is 16.5. The number of nitrogens with two attached hydrogens (primary N) is 1. The normalized spacial score (nSPS) is 27.5. The van der Waals surface area contributed by atoms with E-state index in [2.05, 4.69) is 0 Å². The molecule has 2 atom stereocenters. The van der Waals surface area contributed by atoms with E-state index in [4.69, 9.17) is 15.6 Å². The summed E-state index contributed by atoms with van der Waals surface area (Å²) in [4.78, 5) is 11.6. The zero-order valence-electron chi connectivity index (χ0n) is 9.14. The zero-order valence-corrected chi connectivity index (χ0v) is 9.14. The van der Waals surface area contributed by atoms with Crippen LogP contribution in [0.15, 0.2) is 24.3 Å². The molecule has 0 aromatic heterocycles. The Morgan fingerprint density at radius 3 is 2.75 bits per heavy atom. The van der Waals surface area contributed by atoms with Gasteiger partial charge in [-0.3, -0.25) is 4.79 Å². The Kier molecular flexibility index (Phi) is 2.59. The molecule has 0 radical (unpaired) electrons. The third-order valence-electron chi connectivity index (χ3n) is 2.95. The Balaban J connectivity index is 2.10. The highest BCUT2D eigenvalue weighted by Gasteiger charge is 2.58. The lowest BCUT2D eigenvalue weighted by atomic mass is 10.1. The Morgan fingerprint density at radius 2 is 2.19 bits per heavy atom. The molecule has 1 fully saturated rings. The highest BCUT2D eigenvalue weighted by Crippen LogP contribution is 2.50. The molecule has 1 aliphatic rings. The van der Waals surface area contributed by atoms with Gasteiger partial charge < -0.3 is 15.6 Å². The molecule has 16 heavy (non-hydrogen) atoms. The molecule has 0 aliphatic heterocycles. The van der Waals surface area contributed by atoms with Gasteiger partial charge in [0.2, 0.25) is 0 Å². The third kappa shape index (κ3) is 1.76. The molecule has 1 saturated carbocycles. The molecule has 3 N–H and O–H groups in total. The monoisotopic (exact) mass is 221 g/mol. The summed E-state index contributed by atoms with van der Waals surface area (Å²) in [6.07, 6.45) is 0.608. The van der Waals surface area contributed by atoms with Gasteiger partial charge in [0.25, 0.3) is 0 Å². The van der Waals surface area contributed by atoms with E-state index < -0.39 is 5.54 Å².